The Morgan fingerprint density at radius 3 is 2.35 bits per heavy atom. The summed E-state index contributed by atoms with van der Waals surface area (Å²) in [5, 5.41) is 0. The first kappa shape index (κ1) is 11.9. The molecule has 2 aromatic rings. The fourth-order valence-corrected chi connectivity index (χ4v) is 1.94. The summed E-state index contributed by atoms with van der Waals surface area (Å²) in [6.07, 6.45) is 4.65. The number of rotatable bonds is 3. The molecule has 2 rings (SSSR count). The van der Waals surface area contributed by atoms with Gasteiger partial charge in [-0.2, -0.15) is 0 Å². The SMILES string of the molecule is Cn1ccnc1-c1ccc(CC(C)(C)N)cc1. The maximum Gasteiger partial charge on any atom is 0.139 e. The quantitative estimate of drug-likeness (QED) is 0.878. The van der Waals surface area contributed by atoms with Crippen LogP contribution in [-0.2, 0) is 13.5 Å². The second-order valence-electron chi connectivity index (χ2n) is 5.22. The highest BCUT2D eigenvalue weighted by atomic mass is 15.0. The summed E-state index contributed by atoms with van der Waals surface area (Å²) >= 11 is 0. The molecular formula is C14H19N3. The van der Waals surface area contributed by atoms with Crippen molar-refractivity contribution in [2.24, 2.45) is 12.8 Å². The Balaban J connectivity index is 2.22. The number of nitrogens with zero attached hydrogens (tertiary/aromatic N) is 2. The van der Waals surface area contributed by atoms with E-state index >= 15 is 0 Å². The van der Waals surface area contributed by atoms with Crippen LogP contribution >= 0.6 is 0 Å². The molecule has 90 valence electrons. The molecule has 0 spiro atoms. The Hall–Kier alpha value is -1.61. The number of hydrogen-bond acceptors (Lipinski definition) is 2. The van der Waals surface area contributed by atoms with Crippen molar-refractivity contribution in [3.05, 3.63) is 42.2 Å². The zero-order chi connectivity index (χ0) is 12.5. The van der Waals surface area contributed by atoms with Gasteiger partial charge in [0.25, 0.3) is 0 Å². The minimum absolute atomic E-state index is 0.162. The average Bonchev–Trinajstić information content (AvgIpc) is 2.63. The zero-order valence-electron chi connectivity index (χ0n) is 10.6. The lowest BCUT2D eigenvalue weighted by Gasteiger charge is -2.18. The molecule has 17 heavy (non-hydrogen) atoms. The Bertz CT molecular complexity index is 489. The van der Waals surface area contributed by atoms with Crippen LogP contribution < -0.4 is 5.73 Å². The molecule has 0 aliphatic heterocycles. The lowest BCUT2D eigenvalue weighted by atomic mass is 9.95. The number of aryl methyl sites for hydroxylation is 1. The van der Waals surface area contributed by atoms with Crippen LogP contribution in [0.25, 0.3) is 11.4 Å². The van der Waals surface area contributed by atoms with Crippen LogP contribution in [0.3, 0.4) is 0 Å². The van der Waals surface area contributed by atoms with Crippen LogP contribution in [0.5, 0.6) is 0 Å². The third kappa shape index (κ3) is 2.94. The van der Waals surface area contributed by atoms with E-state index in [1.54, 1.807) is 0 Å². The molecule has 0 bridgehead atoms. The first-order valence-electron chi connectivity index (χ1n) is 5.81. The molecule has 3 nitrogen and oxygen atoms in total. The third-order valence-electron chi connectivity index (χ3n) is 2.69. The number of nitrogens with two attached hydrogens (primary N) is 1. The van der Waals surface area contributed by atoms with Gasteiger partial charge in [-0.3, -0.25) is 0 Å². The predicted octanol–water partition coefficient (Wildman–Crippen LogP) is 2.37. The molecule has 1 heterocycles. The highest BCUT2D eigenvalue weighted by Crippen LogP contribution is 2.18. The molecular weight excluding hydrogens is 210 g/mol. The molecule has 0 saturated heterocycles. The summed E-state index contributed by atoms with van der Waals surface area (Å²) < 4.78 is 2.02. The number of aromatic nitrogens is 2. The van der Waals surface area contributed by atoms with E-state index in [1.165, 1.54) is 5.56 Å². The second-order valence-corrected chi connectivity index (χ2v) is 5.22. The molecule has 2 N–H and O–H groups in total. The average molecular weight is 229 g/mol. The van der Waals surface area contributed by atoms with Crippen LogP contribution in [0, 0.1) is 0 Å². The zero-order valence-corrected chi connectivity index (χ0v) is 10.6. The normalized spacial score (nSPS) is 11.8. The van der Waals surface area contributed by atoms with Gasteiger partial charge in [-0.1, -0.05) is 24.3 Å². The first-order valence-corrected chi connectivity index (χ1v) is 5.81. The largest absolute Gasteiger partial charge is 0.334 e. The summed E-state index contributed by atoms with van der Waals surface area (Å²) in [7, 11) is 2.00. The first-order chi connectivity index (χ1) is 7.96. The molecule has 0 aliphatic rings. The van der Waals surface area contributed by atoms with Gasteiger partial charge in [0.2, 0.25) is 0 Å². The van der Waals surface area contributed by atoms with Gasteiger partial charge in [0.1, 0.15) is 5.82 Å². The molecule has 1 aromatic heterocycles. The van der Waals surface area contributed by atoms with Crippen LogP contribution in [-0.4, -0.2) is 15.1 Å². The van der Waals surface area contributed by atoms with Crippen LogP contribution in [0.4, 0.5) is 0 Å². The molecule has 0 amide bonds. The van der Waals surface area contributed by atoms with E-state index in [9.17, 15) is 0 Å². The molecule has 1 aromatic carbocycles. The van der Waals surface area contributed by atoms with E-state index in [0.717, 1.165) is 17.8 Å². The topological polar surface area (TPSA) is 43.8 Å². The predicted molar refractivity (Wildman–Crippen MR) is 70.6 cm³/mol. The summed E-state index contributed by atoms with van der Waals surface area (Å²) in [5.74, 6) is 0.989. The van der Waals surface area contributed by atoms with Crippen LogP contribution in [0.2, 0.25) is 0 Å². The van der Waals surface area contributed by atoms with Crippen molar-refractivity contribution in [2.75, 3.05) is 0 Å². The van der Waals surface area contributed by atoms with Crippen molar-refractivity contribution >= 4 is 0 Å². The van der Waals surface area contributed by atoms with Crippen molar-refractivity contribution in [3.63, 3.8) is 0 Å². The Labute approximate surface area is 102 Å². The molecule has 0 saturated carbocycles. The fourth-order valence-electron chi connectivity index (χ4n) is 1.94. The third-order valence-corrected chi connectivity index (χ3v) is 2.69. The lowest BCUT2D eigenvalue weighted by Crippen LogP contribution is -2.34. The van der Waals surface area contributed by atoms with E-state index in [4.69, 9.17) is 5.73 Å². The summed E-state index contributed by atoms with van der Waals surface area (Å²) in [4.78, 5) is 4.33. The van der Waals surface area contributed by atoms with E-state index in [1.807, 2.05) is 37.9 Å². The van der Waals surface area contributed by atoms with Gasteiger partial charge in [-0.05, 0) is 25.8 Å². The van der Waals surface area contributed by atoms with Gasteiger partial charge >= 0.3 is 0 Å². The van der Waals surface area contributed by atoms with E-state index in [2.05, 4.69) is 29.2 Å². The van der Waals surface area contributed by atoms with Gasteiger partial charge in [0.05, 0.1) is 0 Å². The van der Waals surface area contributed by atoms with E-state index < -0.39 is 0 Å². The van der Waals surface area contributed by atoms with Crippen LogP contribution in [0.15, 0.2) is 36.7 Å². The standard InChI is InChI=1S/C14H19N3/c1-14(2,15)10-11-4-6-12(7-5-11)13-16-8-9-17(13)3/h4-9H,10,15H2,1-3H3. The molecule has 0 radical (unpaired) electrons. The highest BCUT2D eigenvalue weighted by Gasteiger charge is 2.11. The lowest BCUT2D eigenvalue weighted by molar-refractivity contribution is 0.517. The van der Waals surface area contributed by atoms with E-state index in [0.29, 0.717) is 0 Å². The molecule has 0 fully saturated rings. The van der Waals surface area contributed by atoms with Crippen molar-refractivity contribution in [2.45, 2.75) is 25.8 Å². The Kier molecular flexibility index (Phi) is 3.03. The molecule has 0 unspecified atom stereocenters. The van der Waals surface area contributed by atoms with Gasteiger partial charge < -0.3 is 10.3 Å². The van der Waals surface area contributed by atoms with Crippen molar-refractivity contribution < 1.29 is 0 Å². The van der Waals surface area contributed by atoms with Gasteiger partial charge in [-0.25, -0.2) is 4.98 Å². The summed E-state index contributed by atoms with van der Waals surface area (Å²) in [5.41, 5.74) is 8.24. The van der Waals surface area contributed by atoms with Crippen molar-refractivity contribution in [1.82, 2.24) is 9.55 Å². The van der Waals surface area contributed by atoms with Crippen molar-refractivity contribution in [1.29, 1.82) is 0 Å². The Morgan fingerprint density at radius 2 is 1.88 bits per heavy atom. The maximum absolute atomic E-state index is 6.01. The second kappa shape index (κ2) is 4.34. The van der Waals surface area contributed by atoms with Gasteiger partial charge in [0, 0.05) is 30.5 Å². The summed E-state index contributed by atoms with van der Waals surface area (Å²) in [6.45, 7) is 4.08. The van der Waals surface area contributed by atoms with E-state index in [-0.39, 0.29) is 5.54 Å². The summed E-state index contributed by atoms with van der Waals surface area (Å²) in [6, 6.07) is 8.45. The van der Waals surface area contributed by atoms with Crippen LogP contribution in [0.1, 0.15) is 19.4 Å². The minimum Gasteiger partial charge on any atom is -0.334 e. The maximum atomic E-state index is 6.01. The highest BCUT2D eigenvalue weighted by molar-refractivity contribution is 5.55. The van der Waals surface area contributed by atoms with Gasteiger partial charge in [-0.15, -0.1) is 0 Å². The number of hydrogen-bond donors (Lipinski definition) is 1. The monoisotopic (exact) mass is 229 g/mol. The van der Waals surface area contributed by atoms with Crippen molar-refractivity contribution in [3.8, 4) is 11.4 Å². The Morgan fingerprint density at radius 1 is 1.24 bits per heavy atom. The minimum atomic E-state index is -0.162. The molecule has 0 atom stereocenters. The molecule has 3 heteroatoms. The smallest absolute Gasteiger partial charge is 0.139 e. The number of benzene rings is 1. The fraction of sp³-hybridized carbons (Fsp3) is 0.357. The number of imidazole rings is 1. The van der Waals surface area contributed by atoms with Gasteiger partial charge in [0.15, 0.2) is 0 Å². The molecule has 0 aliphatic carbocycles.